The molecule has 3 unspecified atom stereocenters. The van der Waals surface area contributed by atoms with Gasteiger partial charge in [-0.15, -0.1) is 0 Å². The number of hydrogen-bond donors (Lipinski definition) is 1. The molecule has 1 amide bonds. The number of nitrogens with zero attached hydrogens (tertiary/aromatic N) is 1. The van der Waals surface area contributed by atoms with E-state index >= 15 is 0 Å². The van der Waals surface area contributed by atoms with Crippen LogP contribution in [0.3, 0.4) is 0 Å². The summed E-state index contributed by atoms with van der Waals surface area (Å²) < 4.78 is 0. The first-order valence-corrected chi connectivity index (χ1v) is 7.80. The lowest BCUT2D eigenvalue weighted by Gasteiger charge is -2.42. The van der Waals surface area contributed by atoms with Crippen molar-refractivity contribution in [3.8, 4) is 0 Å². The largest absolute Gasteiger partial charge is 0.481 e. The molecule has 1 saturated heterocycles. The van der Waals surface area contributed by atoms with Gasteiger partial charge in [0, 0.05) is 19.0 Å². The molecule has 0 aromatic rings. The third-order valence-corrected chi connectivity index (χ3v) is 5.21. The van der Waals surface area contributed by atoms with E-state index in [1.807, 2.05) is 18.7 Å². The van der Waals surface area contributed by atoms with E-state index in [4.69, 9.17) is 0 Å². The molecule has 0 radical (unpaired) electrons. The lowest BCUT2D eigenvalue weighted by atomic mass is 9.78. The maximum atomic E-state index is 12.6. The molecule has 0 spiro atoms. The Hall–Kier alpha value is -1.06. The van der Waals surface area contributed by atoms with Gasteiger partial charge in [-0.05, 0) is 38.0 Å². The molecular weight excluding hydrogens is 254 g/mol. The Balaban J connectivity index is 2.86. The molecule has 1 fully saturated rings. The lowest BCUT2D eigenvalue weighted by Crippen LogP contribution is -2.50. The summed E-state index contributed by atoms with van der Waals surface area (Å²) in [5.74, 6) is 0.126. The molecule has 0 saturated carbocycles. The Labute approximate surface area is 122 Å². The summed E-state index contributed by atoms with van der Waals surface area (Å²) in [7, 11) is 0. The van der Waals surface area contributed by atoms with Crippen molar-refractivity contribution in [2.45, 2.75) is 66.3 Å². The van der Waals surface area contributed by atoms with Crippen molar-refractivity contribution in [2.75, 3.05) is 6.54 Å². The van der Waals surface area contributed by atoms with Gasteiger partial charge in [-0.2, -0.15) is 0 Å². The minimum absolute atomic E-state index is 0.00185. The number of rotatable bonds is 5. The number of likely N-dealkylation sites (tertiary alicyclic amines) is 1. The van der Waals surface area contributed by atoms with Gasteiger partial charge in [0.2, 0.25) is 5.91 Å². The van der Waals surface area contributed by atoms with E-state index in [0.717, 1.165) is 13.0 Å². The van der Waals surface area contributed by atoms with Crippen LogP contribution in [0.15, 0.2) is 0 Å². The summed E-state index contributed by atoms with van der Waals surface area (Å²) in [4.78, 5) is 26.0. The Morgan fingerprint density at radius 2 is 1.75 bits per heavy atom. The zero-order valence-electron chi connectivity index (χ0n) is 13.5. The van der Waals surface area contributed by atoms with E-state index in [-0.39, 0.29) is 18.4 Å². The second-order valence-corrected chi connectivity index (χ2v) is 6.57. The molecule has 3 atom stereocenters. The molecule has 0 bridgehead atoms. The maximum absolute atomic E-state index is 12.6. The summed E-state index contributed by atoms with van der Waals surface area (Å²) >= 11 is 0. The minimum atomic E-state index is -0.902. The van der Waals surface area contributed by atoms with Gasteiger partial charge in [0.1, 0.15) is 0 Å². The van der Waals surface area contributed by atoms with Gasteiger partial charge < -0.3 is 10.0 Å². The molecule has 0 aromatic carbocycles. The first-order chi connectivity index (χ1) is 9.27. The molecule has 20 heavy (non-hydrogen) atoms. The van der Waals surface area contributed by atoms with Gasteiger partial charge in [0.15, 0.2) is 0 Å². The van der Waals surface area contributed by atoms with Crippen molar-refractivity contribution in [3.63, 3.8) is 0 Å². The van der Waals surface area contributed by atoms with E-state index < -0.39 is 11.4 Å². The van der Waals surface area contributed by atoms with Crippen LogP contribution in [0.2, 0.25) is 0 Å². The van der Waals surface area contributed by atoms with Crippen molar-refractivity contribution in [2.24, 2.45) is 17.3 Å². The quantitative estimate of drug-likeness (QED) is 0.843. The molecular formula is C16H29NO3. The van der Waals surface area contributed by atoms with E-state index in [1.165, 1.54) is 0 Å². The van der Waals surface area contributed by atoms with E-state index in [1.54, 1.807) is 0 Å². The van der Waals surface area contributed by atoms with Crippen LogP contribution in [0.5, 0.6) is 0 Å². The van der Waals surface area contributed by atoms with Crippen molar-refractivity contribution in [1.29, 1.82) is 0 Å². The molecule has 1 rings (SSSR count). The molecule has 1 aliphatic heterocycles. The van der Waals surface area contributed by atoms with Crippen LogP contribution in [0.1, 0.15) is 60.3 Å². The summed E-state index contributed by atoms with van der Waals surface area (Å²) in [5.41, 5.74) is -0.902. The Kier molecular flexibility index (Phi) is 5.60. The standard InChI is InChI=1S/C16H29NO3/c1-6-16(7-2,15(19)20)9-14(18)17-10-11(3)8-12(4)13(17)5/h11-13H,6-10H2,1-5H3,(H,19,20). The Bertz CT molecular complexity index is 363. The van der Waals surface area contributed by atoms with E-state index in [0.29, 0.717) is 24.7 Å². The number of carboxylic acids is 1. The topological polar surface area (TPSA) is 57.6 Å². The predicted molar refractivity (Wildman–Crippen MR) is 79.4 cm³/mol. The first-order valence-electron chi connectivity index (χ1n) is 7.80. The predicted octanol–water partition coefficient (Wildman–Crippen LogP) is 3.16. The fourth-order valence-corrected chi connectivity index (χ4v) is 3.31. The SMILES string of the molecule is CCC(CC)(CC(=O)N1CC(C)CC(C)C1C)C(=O)O. The van der Waals surface area contributed by atoms with Gasteiger partial charge in [-0.3, -0.25) is 9.59 Å². The second-order valence-electron chi connectivity index (χ2n) is 6.57. The van der Waals surface area contributed by atoms with Crippen molar-refractivity contribution >= 4 is 11.9 Å². The number of carbonyl (C=O) groups is 2. The number of aliphatic carboxylic acids is 1. The molecule has 4 heteroatoms. The zero-order valence-corrected chi connectivity index (χ0v) is 13.5. The lowest BCUT2D eigenvalue weighted by molar-refractivity contribution is -0.156. The number of carbonyl (C=O) groups excluding carboxylic acids is 1. The van der Waals surface area contributed by atoms with Crippen LogP contribution < -0.4 is 0 Å². The van der Waals surface area contributed by atoms with Crippen LogP contribution >= 0.6 is 0 Å². The van der Waals surface area contributed by atoms with Crippen LogP contribution in [-0.2, 0) is 9.59 Å². The summed E-state index contributed by atoms with van der Waals surface area (Å²) in [6.45, 7) is 10.9. The highest BCUT2D eigenvalue weighted by molar-refractivity contribution is 5.85. The van der Waals surface area contributed by atoms with Crippen molar-refractivity contribution in [1.82, 2.24) is 4.90 Å². The number of hydrogen-bond acceptors (Lipinski definition) is 2. The Morgan fingerprint density at radius 3 is 2.20 bits per heavy atom. The summed E-state index contributed by atoms with van der Waals surface area (Å²) in [6, 6.07) is 0.207. The fraction of sp³-hybridized carbons (Fsp3) is 0.875. The van der Waals surface area contributed by atoms with E-state index in [2.05, 4.69) is 20.8 Å². The average molecular weight is 283 g/mol. The monoisotopic (exact) mass is 283 g/mol. The zero-order chi connectivity index (χ0) is 15.5. The molecule has 4 nitrogen and oxygen atoms in total. The van der Waals surface area contributed by atoms with Crippen molar-refractivity contribution in [3.05, 3.63) is 0 Å². The number of piperidine rings is 1. The third kappa shape index (κ3) is 3.33. The van der Waals surface area contributed by atoms with Gasteiger partial charge in [0.05, 0.1) is 5.41 Å². The highest BCUT2D eigenvalue weighted by Gasteiger charge is 2.40. The van der Waals surface area contributed by atoms with E-state index in [9.17, 15) is 14.7 Å². The molecule has 116 valence electrons. The van der Waals surface area contributed by atoms with Gasteiger partial charge in [-0.1, -0.05) is 27.7 Å². The normalized spacial score (nSPS) is 27.4. The highest BCUT2D eigenvalue weighted by atomic mass is 16.4. The van der Waals surface area contributed by atoms with Crippen LogP contribution in [0.25, 0.3) is 0 Å². The van der Waals surface area contributed by atoms with Crippen LogP contribution in [-0.4, -0.2) is 34.5 Å². The molecule has 0 aliphatic carbocycles. The Morgan fingerprint density at radius 1 is 1.20 bits per heavy atom. The highest BCUT2D eigenvalue weighted by Crippen LogP contribution is 2.34. The van der Waals surface area contributed by atoms with Gasteiger partial charge in [-0.25, -0.2) is 0 Å². The molecule has 1 N–H and O–H groups in total. The molecule has 1 heterocycles. The average Bonchev–Trinajstić information content (AvgIpc) is 2.39. The van der Waals surface area contributed by atoms with Crippen LogP contribution in [0, 0.1) is 17.3 Å². The van der Waals surface area contributed by atoms with Gasteiger partial charge >= 0.3 is 5.97 Å². The second kappa shape index (κ2) is 6.59. The minimum Gasteiger partial charge on any atom is -0.481 e. The maximum Gasteiger partial charge on any atom is 0.310 e. The molecule has 0 aromatic heterocycles. The molecule has 1 aliphatic rings. The fourth-order valence-electron chi connectivity index (χ4n) is 3.31. The van der Waals surface area contributed by atoms with Gasteiger partial charge in [0.25, 0.3) is 0 Å². The summed E-state index contributed by atoms with van der Waals surface area (Å²) in [6.07, 6.45) is 2.26. The van der Waals surface area contributed by atoms with Crippen molar-refractivity contribution < 1.29 is 14.7 Å². The number of carboxylic acid groups (broad SMARTS) is 1. The number of amides is 1. The summed E-state index contributed by atoms with van der Waals surface area (Å²) in [5, 5.41) is 9.47. The smallest absolute Gasteiger partial charge is 0.310 e. The first kappa shape index (κ1) is 17.0. The third-order valence-electron chi connectivity index (χ3n) is 5.21. The van der Waals surface area contributed by atoms with Crippen LogP contribution in [0.4, 0.5) is 0 Å².